The molecule has 1 atom stereocenters. The summed E-state index contributed by atoms with van der Waals surface area (Å²) >= 11 is 0. The van der Waals surface area contributed by atoms with Crippen LogP contribution in [0.5, 0.6) is 11.5 Å². The highest BCUT2D eigenvalue weighted by Gasteiger charge is 2.47. The molecule has 1 spiro atoms. The van der Waals surface area contributed by atoms with Gasteiger partial charge in [0.05, 0.1) is 31.3 Å². The van der Waals surface area contributed by atoms with Gasteiger partial charge in [-0.05, 0) is 30.3 Å². The lowest BCUT2D eigenvalue weighted by Crippen LogP contribution is -2.45. The Morgan fingerprint density at radius 3 is 2.84 bits per heavy atom. The van der Waals surface area contributed by atoms with Crippen LogP contribution >= 0.6 is 0 Å². The zero-order valence-corrected chi connectivity index (χ0v) is 17.5. The van der Waals surface area contributed by atoms with Gasteiger partial charge in [-0.25, -0.2) is 0 Å². The summed E-state index contributed by atoms with van der Waals surface area (Å²) in [7, 11) is 3.38. The maximum Gasteiger partial charge on any atom is 0.272 e. The van der Waals surface area contributed by atoms with Gasteiger partial charge in [-0.2, -0.15) is 5.10 Å². The molecule has 1 unspecified atom stereocenters. The summed E-state index contributed by atoms with van der Waals surface area (Å²) in [6.45, 7) is 0.916. The van der Waals surface area contributed by atoms with E-state index in [1.54, 1.807) is 35.9 Å². The minimum Gasteiger partial charge on any atom is -0.497 e. The van der Waals surface area contributed by atoms with Crippen LogP contribution in [0.15, 0.2) is 54.6 Å². The molecule has 3 heterocycles. The van der Waals surface area contributed by atoms with Crippen molar-refractivity contribution in [3.05, 3.63) is 65.9 Å². The predicted octanol–water partition coefficient (Wildman–Crippen LogP) is 3.35. The van der Waals surface area contributed by atoms with Crippen molar-refractivity contribution in [1.82, 2.24) is 14.7 Å². The van der Waals surface area contributed by atoms with Gasteiger partial charge in [-0.15, -0.1) is 0 Å². The number of ether oxygens (including phenoxy) is 2. The Hall–Kier alpha value is -3.61. The lowest BCUT2D eigenvalue weighted by Gasteiger charge is -2.34. The van der Waals surface area contributed by atoms with Crippen molar-refractivity contribution < 1.29 is 19.1 Å². The summed E-state index contributed by atoms with van der Waals surface area (Å²) < 4.78 is 13.1. The smallest absolute Gasteiger partial charge is 0.272 e. The quantitative estimate of drug-likeness (QED) is 0.654. The third-order valence-corrected chi connectivity index (χ3v) is 6.06. The number of aromatic nitrogens is 2. The molecule has 1 saturated heterocycles. The lowest BCUT2D eigenvalue weighted by molar-refractivity contribution is 0.0426. The molecule has 1 fully saturated rings. The molecule has 7 nitrogen and oxygen atoms in total. The second kappa shape index (κ2) is 7.27. The number of hydrogen-bond acceptors (Lipinski definition) is 5. The topological polar surface area (TPSA) is 73.7 Å². The van der Waals surface area contributed by atoms with Crippen molar-refractivity contribution in [2.24, 2.45) is 7.05 Å². The molecule has 0 saturated carbocycles. The number of nitrogens with zero attached hydrogens (tertiary/aromatic N) is 3. The minimum atomic E-state index is -0.657. The van der Waals surface area contributed by atoms with Crippen molar-refractivity contribution in [1.29, 1.82) is 0 Å². The van der Waals surface area contributed by atoms with Gasteiger partial charge in [0.1, 0.15) is 22.8 Å². The van der Waals surface area contributed by atoms with E-state index >= 15 is 0 Å². The molecule has 0 radical (unpaired) electrons. The van der Waals surface area contributed by atoms with Gasteiger partial charge in [-0.1, -0.05) is 24.3 Å². The average Bonchev–Trinajstić information content (AvgIpc) is 3.37. The number of hydrogen-bond donors (Lipinski definition) is 0. The second-order valence-corrected chi connectivity index (χ2v) is 8.13. The molecule has 1 amide bonds. The van der Waals surface area contributed by atoms with Crippen LogP contribution < -0.4 is 9.47 Å². The average molecular weight is 417 g/mol. The number of likely N-dealkylation sites (tertiary alicyclic amines) is 1. The first-order valence-electron chi connectivity index (χ1n) is 10.3. The van der Waals surface area contributed by atoms with E-state index in [9.17, 15) is 9.59 Å². The summed E-state index contributed by atoms with van der Waals surface area (Å²) in [6, 6.07) is 16.7. The molecule has 7 heteroatoms. The fraction of sp³-hybridized carbons (Fsp3) is 0.292. The first-order chi connectivity index (χ1) is 15.0. The van der Waals surface area contributed by atoms with E-state index in [0.717, 1.165) is 11.3 Å². The van der Waals surface area contributed by atoms with Gasteiger partial charge in [0.2, 0.25) is 0 Å². The van der Waals surface area contributed by atoms with Crippen LogP contribution in [-0.2, 0) is 7.05 Å². The molecular formula is C24H23N3O4. The second-order valence-electron chi connectivity index (χ2n) is 8.13. The fourth-order valence-corrected chi connectivity index (χ4v) is 4.44. The Bertz CT molecular complexity index is 1190. The predicted molar refractivity (Wildman–Crippen MR) is 114 cm³/mol. The maximum atomic E-state index is 13.3. The van der Waals surface area contributed by atoms with Crippen molar-refractivity contribution >= 4 is 11.7 Å². The van der Waals surface area contributed by atoms with Crippen molar-refractivity contribution in [2.45, 2.75) is 18.4 Å². The van der Waals surface area contributed by atoms with Crippen LogP contribution in [0.1, 0.15) is 33.7 Å². The van der Waals surface area contributed by atoms with Gasteiger partial charge in [0.25, 0.3) is 5.91 Å². The van der Waals surface area contributed by atoms with Gasteiger partial charge in [-0.3, -0.25) is 14.3 Å². The normalized spacial score (nSPS) is 19.9. The maximum absolute atomic E-state index is 13.3. The number of para-hydroxylation sites is 1. The van der Waals surface area contributed by atoms with E-state index in [-0.39, 0.29) is 18.1 Å². The number of Topliss-reactive ketones (excluding diaryl/α,β-unsaturated/α-hetero) is 1. The van der Waals surface area contributed by atoms with Gasteiger partial charge >= 0.3 is 0 Å². The standard InChI is InChI=1S/C24H23N3O4/c1-26-20(13-19(25-26)16-6-5-7-17(12-16)30-2)23(29)27-11-10-24(15-27)14-21(28)18-8-3-4-9-22(18)31-24/h3-9,12-13H,10-11,14-15H2,1-2H3. The molecule has 1 aromatic heterocycles. The van der Waals surface area contributed by atoms with E-state index in [0.29, 0.717) is 42.2 Å². The highest BCUT2D eigenvalue weighted by molar-refractivity contribution is 6.00. The SMILES string of the molecule is COc1cccc(-c2cc(C(=O)N3CCC4(CC(=O)c5ccccc5O4)C3)n(C)n2)c1. The Morgan fingerprint density at radius 1 is 1.16 bits per heavy atom. The van der Waals surface area contributed by atoms with Crippen LogP contribution in [0, 0.1) is 0 Å². The molecule has 0 bridgehead atoms. The number of methoxy groups -OCH3 is 1. The molecule has 2 aromatic carbocycles. The molecule has 5 rings (SSSR count). The summed E-state index contributed by atoms with van der Waals surface area (Å²) in [6.07, 6.45) is 0.910. The Kier molecular flexibility index (Phi) is 4.54. The summed E-state index contributed by atoms with van der Waals surface area (Å²) in [4.78, 5) is 27.7. The fourth-order valence-electron chi connectivity index (χ4n) is 4.44. The van der Waals surface area contributed by atoms with E-state index in [1.165, 1.54) is 0 Å². The van der Waals surface area contributed by atoms with E-state index in [1.807, 2.05) is 42.5 Å². The molecule has 0 aliphatic carbocycles. The van der Waals surface area contributed by atoms with Gasteiger partial charge in [0.15, 0.2) is 5.78 Å². The number of carbonyl (C=O) groups excluding carboxylic acids is 2. The molecule has 0 N–H and O–H groups in total. The third kappa shape index (κ3) is 3.36. The van der Waals surface area contributed by atoms with Crippen LogP contribution in [0.25, 0.3) is 11.3 Å². The number of amides is 1. The number of benzene rings is 2. The molecule has 3 aromatic rings. The number of aryl methyl sites for hydroxylation is 1. The van der Waals surface area contributed by atoms with Crippen LogP contribution in [0.4, 0.5) is 0 Å². The van der Waals surface area contributed by atoms with Crippen LogP contribution in [0.2, 0.25) is 0 Å². The van der Waals surface area contributed by atoms with Crippen LogP contribution in [0.3, 0.4) is 0 Å². The number of rotatable bonds is 3. The minimum absolute atomic E-state index is 0.0667. The summed E-state index contributed by atoms with van der Waals surface area (Å²) in [5.74, 6) is 1.29. The molecule has 2 aliphatic heterocycles. The molecule has 2 aliphatic rings. The molecule has 31 heavy (non-hydrogen) atoms. The van der Waals surface area contributed by atoms with E-state index in [4.69, 9.17) is 9.47 Å². The molecular weight excluding hydrogens is 394 g/mol. The first kappa shape index (κ1) is 19.4. The Labute approximate surface area is 180 Å². The monoisotopic (exact) mass is 417 g/mol. The zero-order valence-electron chi connectivity index (χ0n) is 17.5. The van der Waals surface area contributed by atoms with E-state index in [2.05, 4.69) is 5.10 Å². The zero-order chi connectivity index (χ0) is 21.6. The number of fused-ring (bicyclic) bond motifs is 1. The van der Waals surface area contributed by atoms with Gasteiger partial charge < -0.3 is 14.4 Å². The Morgan fingerprint density at radius 2 is 2.00 bits per heavy atom. The number of ketones is 1. The van der Waals surface area contributed by atoms with Crippen LogP contribution in [-0.4, -0.2) is 52.2 Å². The Balaban J connectivity index is 1.37. The van der Waals surface area contributed by atoms with Crippen molar-refractivity contribution in [3.8, 4) is 22.8 Å². The van der Waals surface area contributed by atoms with Gasteiger partial charge in [0, 0.05) is 25.6 Å². The highest BCUT2D eigenvalue weighted by Crippen LogP contribution is 2.39. The first-order valence-corrected chi connectivity index (χ1v) is 10.3. The lowest BCUT2D eigenvalue weighted by atomic mass is 9.89. The summed E-state index contributed by atoms with van der Waals surface area (Å²) in [5, 5.41) is 4.52. The van der Waals surface area contributed by atoms with Crippen molar-refractivity contribution in [2.75, 3.05) is 20.2 Å². The van der Waals surface area contributed by atoms with Crippen molar-refractivity contribution in [3.63, 3.8) is 0 Å². The molecule has 158 valence electrons. The highest BCUT2D eigenvalue weighted by atomic mass is 16.5. The largest absolute Gasteiger partial charge is 0.497 e. The van der Waals surface area contributed by atoms with E-state index < -0.39 is 5.60 Å². The summed E-state index contributed by atoms with van der Waals surface area (Å²) in [5.41, 5.74) is 2.04. The number of carbonyl (C=O) groups is 2. The third-order valence-electron chi connectivity index (χ3n) is 6.06.